The molecule has 0 amide bonds. The molecule has 0 aliphatic heterocycles. The number of hydrogen-bond acceptors (Lipinski definition) is 6. The molecule has 3 rings (SSSR count). The third kappa shape index (κ3) is 3.02. The van der Waals surface area contributed by atoms with Gasteiger partial charge in [-0.15, -0.1) is 5.10 Å². The topological polar surface area (TPSA) is 91.9 Å². The van der Waals surface area contributed by atoms with E-state index in [1.54, 1.807) is 6.92 Å². The number of benzene rings is 1. The molecule has 0 saturated heterocycles. The minimum atomic E-state index is -0.728. The fraction of sp³-hybridized carbons (Fsp3) is 0.353. The Morgan fingerprint density at radius 3 is 2.80 bits per heavy atom. The number of aryl methyl sites for hydroxylation is 1. The zero-order valence-corrected chi connectivity index (χ0v) is 14.3. The van der Waals surface area contributed by atoms with Crippen LogP contribution >= 0.6 is 0 Å². The number of carbonyl (C=O) groups is 1. The number of ether oxygens (including phenoxy) is 1. The molecule has 0 radical (unpaired) electrons. The Labute approximate surface area is 144 Å². The van der Waals surface area contributed by atoms with E-state index in [0.717, 1.165) is 11.3 Å². The number of esters is 1. The molecule has 0 saturated carbocycles. The van der Waals surface area contributed by atoms with Crippen LogP contribution in [0.3, 0.4) is 0 Å². The van der Waals surface area contributed by atoms with Gasteiger partial charge in [0.05, 0.1) is 12.3 Å². The lowest BCUT2D eigenvalue weighted by molar-refractivity contribution is -0.147. The highest BCUT2D eigenvalue weighted by molar-refractivity contribution is 5.75. The fourth-order valence-corrected chi connectivity index (χ4v) is 2.69. The van der Waals surface area contributed by atoms with E-state index in [4.69, 9.17) is 4.74 Å². The molecule has 8 heteroatoms. The molecule has 130 valence electrons. The summed E-state index contributed by atoms with van der Waals surface area (Å²) in [6.45, 7) is 5.75. The second-order valence-electron chi connectivity index (χ2n) is 5.65. The standard InChI is InChI=1S/C17H19N5O3/c1-4-13(17(24)25-5-2)21-10-18-15-14(16(21)23)19-20-22(15)12-8-6-7-11(3)9-12/h6-10,13H,4-5H2,1-3H3/t13-/m1/s1. The Kier molecular flexibility index (Phi) is 4.60. The number of nitrogens with zero attached hydrogens (tertiary/aromatic N) is 5. The molecule has 1 aromatic carbocycles. The molecule has 2 aromatic heterocycles. The van der Waals surface area contributed by atoms with Crippen LogP contribution in [0.1, 0.15) is 31.9 Å². The van der Waals surface area contributed by atoms with E-state index in [0.29, 0.717) is 12.1 Å². The highest BCUT2D eigenvalue weighted by Gasteiger charge is 2.23. The van der Waals surface area contributed by atoms with Crippen LogP contribution in [0.4, 0.5) is 0 Å². The average Bonchev–Trinajstić information content (AvgIpc) is 3.02. The van der Waals surface area contributed by atoms with Gasteiger partial charge >= 0.3 is 5.97 Å². The molecule has 8 nitrogen and oxygen atoms in total. The third-order valence-electron chi connectivity index (χ3n) is 3.92. The Morgan fingerprint density at radius 2 is 2.12 bits per heavy atom. The van der Waals surface area contributed by atoms with Gasteiger partial charge in [-0.2, -0.15) is 4.68 Å². The molecular formula is C17H19N5O3. The monoisotopic (exact) mass is 341 g/mol. The van der Waals surface area contributed by atoms with Gasteiger partial charge in [0.1, 0.15) is 12.4 Å². The summed E-state index contributed by atoms with van der Waals surface area (Å²) in [5.74, 6) is -0.459. The van der Waals surface area contributed by atoms with E-state index >= 15 is 0 Å². The van der Waals surface area contributed by atoms with Crippen LogP contribution in [-0.4, -0.2) is 37.1 Å². The zero-order valence-electron chi connectivity index (χ0n) is 14.3. The Hall–Kier alpha value is -3.03. The molecule has 1 atom stereocenters. The van der Waals surface area contributed by atoms with Crippen molar-refractivity contribution >= 4 is 17.1 Å². The molecule has 2 heterocycles. The maximum absolute atomic E-state index is 12.7. The van der Waals surface area contributed by atoms with Crippen molar-refractivity contribution in [3.63, 3.8) is 0 Å². The summed E-state index contributed by atoms with van der Waals surface area (Å²) in [6.07, 6.45) is 1.77. The molecule has 0 aliphatic rings. The summed E-state index contributed by atoms with van der Waals surface area (Å²) in [7, 11) is 0. The molecule has 0 spiro atoms. The van der Waals surface area contributed by atoms with E-state index in [2.05, 4.69) is 15.3 Å². The Balaban J connectivity index is 2.11. The van der Waals surface area contributed by atoms with E-state index in [1.807, 2.05) is 38.1 Å². The molecule has 0 bridgehead atoms. The largest absolute Gasteiger partial charge is 0.464 e. The summed E-state index contributed by atoms with van der Waals surface area (Å²) < 4.78 is 7.81. The van der Waals surface area contributed by atoms with Gasteiger partial charge in [-0.1, -0.05) is 24.3 Å². The Morgan fingerprint density at radius 1 is 1.32 bits per heavy atom. The van der Waals surface area contributed by atoms with Crippen LogP contribution in [0.15, 0.2) is 35.4 Å². The quantitative estimate of drug-likeness (QED) is 0.657. The second-order valence-corrected chi connectivity index (χ2v) is 5.65. The van der Waals surface area contributed by atoms with Gasteiger partial charge in [-0.25, -0.2) is 9.78 Å². The van der Waals surface area contributed by atoms with Gasteiger partial charge in [0.2, 0.25) is 0 Å². The normalized spacial score (nSPS) is 12.3. The first-order valence-electron chi connectivity index (χ1n) is 8.13. The lowest BCUT2D eigenvalue weighted by Gasteiger charge is -2.15. The first-order chi connectivity index (χ1) is 12.1. The molecule has 0 N–H and O–H groups in total. The van der Waals surface area contributed by atoms with Gasteiger partial charge in [-0.3, -0.25) is 9.36 Å². The summed E-state index contributed by atoms with van der Waals surface area (Å²) in [6, 6.07) is 6.92. The van der Waals surface area contributed by atoms with Crippen molar-refractivity contribution in [3.8, 4) is 5.69 Å². The lowest BCUT2D eigenvalue weighted by Crippen LogP contribution is -2.31. The zero-order chi connectivity index (χ0) is 18.0. The minimum absolute atomic E-state index is 0.117. The molecule has 0 unspecified atom stereocenters. The molecule has 0 fully saturated rings. The smallest absolute Gasteiger partial charge is 0.329 e. The first-order valence-corrected chi connectivity index (χ1v) is 8.13. The predicted molar refractivity (Wildman–Crippen MR) is 91.6 cm³/mol. The van der Waals surface area contributed by atoms with E-state index in [-0.39, 0.29) is 12.1 Å². The van der Waals surface area contributed by atoms with Crippen LogP contribution in [0, 0.1) is 6.92 Å². The Bertz CT molecular complexity index is 976. The van der Waals surface area contributed by atoms with Crippen molar-refractivity contribution in [1.82, 2.24) is 24.5 Å². The summed E-state index contributed by atoms with van der Waals surface area (Å²) in [5, 5.41) is 8.02. The third-order valence-corrected chi connectivity index (χ3v) is 3.92. The van der Waals surface area contributed by atoms with Crippen LogP contribution in [0.5, 0.6) is 0 Å². The molecular weight excluding hydrogens is 322 g/mol. The predicted octanol–water partition coefficient (Wildman–Crippen LogP) is 1.80. The van der Waals surface area contributed by atoms with Crippen molar-refractivity contribution < 1.29 is 9.53 Å². The average molecular weight is 341 g/mol. The number of rotatable bonds is 5. The van der Waals surface area contributed by atoms with Gasteiger partial charge in [0.15, 0.2) is 11.2 Å². The van der Waals surface area contributed by atoms with Gasteiger partial charge in [0.25, 0.3) is 5.56 Å². The van der Waals surface area contributed by atoms with Crippen molar-refractivity contribution in [2.24, 2.45) is 0 Å². The van der Waals surface area contributed by atoms with E-state index in [1.165, 1.54) is 15.6 Å². The summed E-state index contributed by atoms with van der Waals surface area (Å²) >= 11 is 0. The minimum Gasteiger partial charge on any atom is -0.464 e. The molecule has 0 aliphatic carbocycles. The first kappa shape index (κ1) is 16.8. The van der Waals surface area contributed by atoms with Crippen LogP contribution < -0.4 is 5.56 Å². The number of carbonyl (C=O) groups excluding carboxylic acids is 1. The molecule has 3 aromatic rings. The fourth-order valence-electron chi connectivity index (χ4n) is 2.69. The van der Waals surface area contributed by atoms with Crippen molar-refractivity contribution in [1.29, 1.82) is 0 Å². The number of hydrogen-bond donors (Lipinski definition) is 0. The maximum atomic E-state index is 12.7. The van der Waals surface area contributed by atoms with Crippen molar-refractivity contribution in [2.45, 2.75) is 33.2 Å². The van der Waals surface area contributed by atoms with E-state index in [9.17, 15) is 9.59 Å². The highest BCUT2D eigenvalue weighted by Crippen LogP contribution is 2.15. The van der Waals surface area contributed by atoms with Gasteiger partial charge in [-0.05, 0) is 38.0 Å². The highest BCUT2D eigenvalue weighted by atomic mass is 16.5. The summed E-state index contributed by atoms with van der Waals surface area (Å²) in [4.78, 5) is 29.1. The second kappa shape index (κ2) is 6.84. The number of aromatic nitrogens is 5. The SMILES string of the molecule is CCOC(=O)[C@@H](CC)n1cnc2c(nnn2-c2cccc(C)c2)c1=O. The van der Waals surface area contributed by atoms with Crippen molar-refractivity contribution in [2.75, 3.05) is 6.61 Å². The lowest BCUT2D eigenvalue weighted by atomic mass is 10.2. The van der Waals surface area contributed by atoms with Crippen LogP contribution in [0.25, 0.3) is 16.9 Å². The summed E-state index contributed by atoms with van der Waals surface area (Å²) in [5.41, 5.74) is 1.88. The van der Waals surface area contributed by atoms with Gasteiger partial charge < -0.3 is 4.74 Å². The molecule has 25 heavy (non-hydrogen) atoms. The van der Waals surface area contributed by atoms with Crippen LogP contribution in [0.2, 0.25) is 0 Å². The van der Waals surface area contributed by atoms with E-state index < -0.39 is 17.6 Å². The van der Waals surface area contributed by atoms with Crippen molar-refractivity contribution in [3.05, 3.63) is 46.5 Å². The van der Waals surface area contributed by atoms with Gasteiger partial charge in [0, 0.05) is 0 Å². The maximum Gasteiger partial charge on any atom is 0.329 e. The van der Waals surface area contributed by atoms with Crippen LogP contribution in [-0.2, 0) is 9.53 Å². The number of fused-ring (bicyclic) bond motifs is 1.